The lowest BCUT2D eigenvalue weighted by molar-refractivity contribution is 0.0746. The van der Waals surface area contributed by atoms with Gasteiger partial charge in [0, 0.05) is 56.7 Å². The number of aromatic nitrogens is 1. The zero-order chi connectivity index (χ0) is 27.8. The highest BCUT2D eigenvalue weighted by molar-refractivity contribution is 5.97. The largest absolute Gasteiger partial charge is 0.497 e. The van der Waals surface area contributed by atoms with Crippen molar-refractivity contribution >= 4 is 23.4 Å². The summed E-state index contributed by atoms with van der Waals surface area (Å²) in [5.41, 5.74) is 5.09. The number of piperazine rings is 1. The highest BCUT2D eigenvalue weighted by Gasteiger charge is 2.35. The molecule has 0 N–H and O–H groups in total. The standard InChI is InChI=1S/C32H37N5O3/c1-22-18-27(25-6-7-25)19-33-30(22)34-14-16-35(17-15-34)31(38)26-8-10-28(11-9-26)37-23(2)20-36(32(37)39)21-24-4-12-29(40-3)13-5-24/h4-5,8-13,18-19,23,25H,6-7,14-17,20-21H2,1-3H3. The van der Waals surface area contributed by atoms with Crippen LogP contribution in [0.4, 0.5) is 16.3 Å². The first-order valence-corrected chi connectivity index (χ1v) is 14.2. The number of carbonyl (C=O) groups excluding carboxylic acids is 2. The van der Waals surface area contributed by atoms with E-state index in [9.17, 15) is 9.59 Å². The Hall–Kier alpha value is -4.07. The first-order chi connectivity index (χ1) is 19.4. The fourth-order valence-electron chi connectivity index (χ4n) is 5.90. The second-order valence-electron chi connectivity index (χ2n) is 11.2. The second-order valence-corrected chi connectivity index (χ2v) is 11.2. The molecular weight excluding hydrogens is 502 g/mol. The van der Waals surface area contributed by atoms with Gasteiger partial charge in [-0.1, -0.05) is 18.2 Å². The monoisotopic (exact) mass is 539 g/mol. The van der Waals surface area contributed by atoms with Crippen LogP contribution in [-0.4, -0.2) is 72.6 Å². The van der Waals surface area contributed by atoms with E-state index in [1.165, 1.54) is 24.0 Å². The minimum Gasteiger partial charge on any atom is -0.497 e. The molecule has 1 saturated carbocycles. The summed E-state index contributed by atoms with van der Waals surface area (Å²) in [6.45, 7) is 8.24. The van der Waals surface area contributed by atoms with Crippen LogP contribution in [0.25, 0.3) is 0 Å². The summed E-state index contributed by atoms with van der Waals surface area (Å²) < 4.78 is 5.24. The van der Waals surface area contributed by atoms with Gasteiger partial charge in [0.05, 0.1) is 13.2 Å². The molecular formula is C32H37N5O3. The van der Waals surface area contributed by atoms with Crippen LogP contribution in [0.1, 0.15) is 52.7 Å². The topological polar surface area (TPSA) is 69.2 Å². The molecule has 208 valence electrons. The number of rotatable bonds is 7. The molecule has 2 aromatic carbocycles. The molecule has 0 radical (unpaired) electrons. The van der Waals surface area contributed by atoms with Gasteiger partial charge in [-0.3, -0.25) is 9.69 Å². The van der Waals surface area contributed by atoms with Crippen LogP contribution >= 0.6 is 0 Å². The summed E-state index contributed by atoms with van der Waals surface area (Å²) in [7, 11) is 1.64. The maximum atomic E-state index is 13.3. The van der Waals surface area contributed by atoms with Gasteiger partial charge in [-0.25, -0.2) is 9.78 Å². The summed E-state index contributed by atoms with van der Waals surface area (Å²) >= 11 is 0. The van der Waals surface area contributed by atoms with Crippen molar-refractivity contribution in [3.63, 3.8) is 0 Å². The van der Waals surface area contributed by atoms with E-state index in [0.717, 1.165) is 35.9 Å². The number of anilines is 2. The average Bonchev–Trinajstić information content (AvgIpc) is 3.79. The minimum atomic E-state index is -0.0208. The Morgan fingerprint density at radius 2 is 1.70 bits per heavy atom. The number of benzene rings is 2. The van der Waals surface area contributed by atoms with E-state index in [0.29, 0.717) is 37.7 Å². The zero-order valence-electron chi connectivity index (χ0n) is 23.5. The third-order valence-corrected chi connectivity index (χ3v) is 8.31. The summed E-state index contributed by atoms with van der Waals surface area (Å²) in [5.74, 6) is 2.56. The third-order valence-electron chi connectivity index (χ3n) is 8.31. The highest BCUT2D eigenvalue weighted by Crippen LogP contribution is 2.40. The zero-order valence-corrected chi connectivity index (χ0v) is 23.5. The fourth-order valence-corrected chi connectivity index (χ4v) is 5.90. The molecule has 40 heavy (non-hydrogen) atoms. The van der Waals surface area contributed by atoms with Crippen LogP contribution in [0, 0.1) is 6.92 Å². The van der Waals surface area contributed by atoms with Crippen molar-refractivity contribution < 1.29 is 14.3 Å². The number of amides is 3. The van der Waals surface area contributed by atoms with Crippen LogP contribution < -0.4 is 14.5 Å². The minimum absolute atomic E-state index is 0.0208. The molecule has 1 aliphatic carbocycles. The third kappa shape index (κ3) is 5.22. The van der Waals surface area contributed by atoms with Crippen LogP contribution in [0.5, 0.6) is 5.75 Å². The second kappa shape index (κ2) is 10.8. The van der Waals surface area contributed by atoms with E-state index < -0.39 is 0 Å². The molecule has 1 atom stereocenters. The lowest BCUT2D eigenvalue weighted by atomic mass is 10.1. The van der Waals surface area contributed by atoms with E-state index in [1.807, 2.05) is 69.4 Å². The molecule has 1 aromatic heterocycles. The van der Waals surface area contributed by atoms with Crippen molar-refractivity contribution in [3.8, 4) is 5.75 Å². The molecule has 8 heteroatoms. The molecule has 1 unspecified atom stereocenters. The number of nitrogens with zero attached hydrogens (tertiary/aromatic N) is 5. The Morgan fingerprint density at radius 1 is 1.00 bits per heavy atom. The van der Waals surface area contributed by atoms with Gasteiger partial charge >= 0.3 is 6.03 Å². The summed E-state index contributed by atoms with van der Waals surface area (Å²) in [6.07, 6.45) is 4.58. The number of hydrogen-bond acceptors (Lipinski definition) is 5. The quantitative estimate of drug-likeness (QED) is 0.419. The molecule has 3 heterocycles. The highest BCUT2D eigenvalue weighted by atomic mass is 16.5. The first-order valence-electron chi connectivity index (χ1n) is 14.2. The van der Waals surface area contributed by atoms with Crippen LogP contribution in [-0.2, 0) is 6.54 Å². The maximum Gasteiger partial charge on any atom is 0.325 e. The molecule has 3 amide bonds. The van der Waals surface area contributed by atoms with Gasteiger partial charge in [-0.15, -0.1) is 0 Å². The van der Waals surface area contributed by atoms with E-state index in [2.05, 4.69) is 24.8 Å². The number of carbonyl (C=O) groups is 2. The van der Waals surface area contributed by atoms with Gasteiger partial charge in [0.1, 0.15) is 11.6 Å². The van der Waals surface area contributed by atoms with Crippen LogP contribution in [0.2, 0.25) is 0 Å². The average molecular weight is 540 g/mol. The Morgan fingerprint density at radius 3 is 2.33 bits per heavy atom. The molecule has 0 spiro atoms. The molecule has 3 aliphatic rings. The Bertz CT molecular complexity index is 1380. The van der Waals surface area contributed by atoms with Crippen LogP contribution in [0.3, 0.4) is 0 Å². The van der Waals surface area contributed by atoms with Gasteiger partial charge in [0.2, 0.25) is 0 Å². The van der Waals surface area contributed by atoms with E-state index >= 15 is 0 Å². The number of pyridine rings is 1. The van der Waals surface area contributed by atoms with E-state index in [-0.39, 0.29) is 18.0 Å². The SMILES string of the molecule is COc1ccc(CN2CC(C)N(c3ccc(C(=O)N4CCN(c5ncc(C6CC6)cc5C)CC4)cc3)C2=O)cc1. The van der Waals surface area contributed by atoms with Crippen molar-refractivity contribution in [2.24, 2.45) is 0 Å². The lowest BCUT2D eigenvalue weighted by Gasteiger charge is -2.36. The molecule has 2 aliphatic heterocycles. The molecule has 6 rings (SSSR count). The van der Waals surface area contributed by atoms with Crippen molar-refractivity contribution in [3.05, 3.63) is 83.0 Å². The lowest BCUT2D eigenvalue weighted by Crippen LogP contribution is -2.49. The van der Waals surface area contributed by atoms with Gasteiger partial charge in [-0.05, 0) is 85.7 Å². The number of ether oxygens (including phenoxy) is 1. The smallest absolute Gasteiger partial charge is 0.325 e. The van der Waals surface area contributed by atoms with Crippen LogP contribution in [0.15, 0.2) is 60.8 Å². The summed E-state index contributed by atoms with van der Waals surface area (Å²) in [6, 6.07) is 17.6. The van der Waals surface area contributed by atoms with Gasteiger partial charge in [0.25, 0.3) is 5.91 Å². The van der Waals surface area contributed by atoms with E-state index in [1.54, 1.807) is 7.11 Å². The van der Waals surface area contributed by atoms with Crippen molar-refractivity contribution in [2.45, 2.75) is 45.2 Å². The summed E-state index contributed by atoms with van der Waals surface area (Å²) in [4.78, 5) is 39.2. The Balaban J connectivity index is 1.06. The number of aryl methyl sites for hydroxylation is 1. The van der Waals surface area contributed by atoms with Crippen molar-refractivity contribution in [2.75, 3.05) is 49.6 Å². The molecule has 8 nitrogen and oxygen atoms in total. The predicted octanol–water partition coefficient (Wildman–Crippen LogP) is 5.07. The molecule has 3 fully saturated rings. The number of urea groups is 1. The number of hydrogen-bond donors (Lipinski definition) is 0. The molecule has 2 saturated heterocycles. The number of methoxy groups -OCH3 is 1. The predicted molar refractivity (Wildman–Crippen MR) is 156 cm³/mol. The maximum absolute atomic E-state index is 13.3. The van der Waals surface area contributed by atoms with Crippen molar-refractivity contribution in [1.29, 1.82) is 0 Å². The Labute approximate surface area is 236 Å². The van der Waals surface area contributed by atoms with Gasteiger partial charge in [0.15, 0.2) is 0 Å². The summed E-state index contributed by atoms with van der Waals surface area (Å²) in [5, 5.41) is 0. The normalized spacial score (nSPS) is 19.4. The van der Waals surface area contributed by atoms with Gasteiger partial charge in [-0.2, -0.15) is 0 Å². The molecule has 3 aromatic rings. The van der Waals surface area contributed by atoms with Gasteiger partial charge < -0.3 is 19.4 Å². The fraction of sp³-hybridized carbons (Fsp3) is 0.406. The Kier molecular flexibility index (Phi) is 7.09. The molecule has 0 bridgehead atoms. The van der Waals surface area contributed by atoms with Crippen molar-refractivity contribution in [1.82, 2.24) is 14.8 Å². The first kappa shape index (κ1) is 26.2. The van der Waals surface area contributed by atoms with E-state index in [4.69, 9.17) is 9.72 Å².